The van der Waals surface area contributed by atoms with Gasteiger partial charge < -0.3 is 15.8 Å². The molecule has 1 aromatic heterocycles. The Balaban J connectivity index is 2.07. The van der Waals surface area contributed by atoms with Gasteiger partial charge >= 0.3 is 6.01 Å². The molecule has 0 fully saturated rings. The number of rotatable bonds is 5. The molecule has 6 nitrogen and oxygen atoms in total. The number of anilines is 2. The first kappa shape index (κ1) is 14.5. The Kier molecular flexibility index (Phi) is 4.73. The lowest BCUT2D eigenvalue weighted by Gasteiger charge is -2.10. The number of benzene rings is 1. The predicted octanol–water partition coefficient (Wildman–Crippen LogP) is 2.62. The number of hydrogen-bond acceptors (Lipinski definition) is 6. The van der Waals surface area contributed by atoms with Crippen molar-refractivity contribution in [3.05, 3.63) is 34.3 Å². The van der Waals surface area contributed by atoms with E-state index in [2.05, 4.69) is 36.2 Å². The summed E-state index contributed by atoms with van der Waals surface area (Å²) in [7, 11) is 0. The average molecular weight is 338 g/mol. The van der Waals surface area contributed by atoms with Crippen LogP contribution in [-0.2, 0) is 6.54 Å². The first-order chi connectivity index (χ1) is 9.52. The SMILES string of the molecule is CC(C)Oc1nc(N)nc(NCc2cccc(Br)c2)n1. The minimum Gasteiger partial charge on any atom is -0.461 e. The van der Waals surface area contributed by atoms with E-state index in [1.165, 1.54) is 0 Å². The summed E-state index contributed by atoms with van der Waals surface area (Å²) < 4.78 is 6.44. The van der Waals surface area contributed by atoms with Gasteiger partial charge in [0.1, 0.15) is 0 Å². The second-order valence-corrected chi connectivity index (χ2v) is 5.37. The molecule has 20 heavy (non-hydrogen) atoms. The van der Waals surface area contributed by atoms with E-state index in [0.717, 1.165) is 10.0 Å². The van der Waals surface area contributed by atoms with Crippen LogP contribution in [0.25, 0.3) is 0 Å². The first-order valence-electron chi connectivity index (χ1n) is 6.19. The lowest BCUT2D eigenvalue weighted by atomic mass is 10.2. The zero-order valence-corrected chi connectivity index (χ0v) is 12.9. The minimum atomic E-state index is -0.0188. The van der Waals surface area contributed by atoms with Gasteiger partial charge in [0.25, 0.3) is 0 Å². The Morgan fingerprint density at radius 1 is 1.30 bits per heavy atom. The molecular weight excluding hydrogens is 322 g/mol. The van der Waals surface area contributed by atoms with Gasteiger partial charge in [-0.2, -0.15) is 15.0 Å². The van der Waals surface area contributed by atoms with Gasteiger partial charge in [-0.1, -0.05) is 28.1 Å². The highest BCUT2D eigenvalue weighted by molar-refractivity contribution is 9.10. The summed E-state index contributed by atoms with van der Waals surface area (Å²) in [5.41, 5.74) is 6.74. The molecule has 0 saturated carbocycles. The zero-order chi connectivity index (χ0) is 14.5. The summed E-state index contributed by atoms with van der Waals surface area (Å²) in [6.07, 6.45) is -0.0188. The van der Waals surface area contributed by atoms with E-state index in [4.69, 9.17) is 10.5 Å². The van der Waals surface area contributed by atoms with E-state index < -0.39 is 0 Å². The highest BCUT2D eigenvalue weighted by Gasteiger charge is 2.07. The normalized spacial score (nSPS) is 10.6. The lowest BCUT2D eigenvalue weighted by Crippen LogP contribution is -2.12. The fourth-order valence-electron chi connectivity index (χ4n) is 1.54. The highest BCUT2D eigenvalue weighted by Crippen LogP contribution is 2.14. The minimum absolute atomic E-state index is 0.0188. The molecule has 0 spiro atoms. The second kappa shape index (κ2) is 6.51. The summed E-state index contributed by atoms with van der Waals surface area (Å²) in [4.78, 5) is 12.1. The summed E-state index contributed by atoms with van der Waals surface area (Å²) in [6, 6.07) is 8.19. The number of nitrogen functional groups attached to an aromatic ring is 1. The van der Waals surface area contributed by atoms with Gasteiger partial charge in [-0.25, -0.2) is 0 Å². The van der Waals surface area contributed by atoms with Crippen molar-refractivity contribution in [2.75, 3.05) is 11.1 Å². The molecular formula is C13H16BrN5O. The monoisotopic (exact) mass is 337 g/mol. The number of nitrogens with one attached hydrogen (secondary N) is 1. The maximum absolute atomic E-state index is 5.64. The molecule has 7 heteroatoms. The van der Waals surface area contributed by atoms with Crippen molar-refractivity contribution in [3.8, 4) is 6.01 Å². The molecule has 0 bridgehead atoms. The number of halogens is 1. The molecule has 0 aliphatic rings. The standard InChI is InChI=1S/C13H16BrN5O/c1-8(2)20-13-18-11(15)17-12(19-13)16-7-9-4-3-5-10(14)6-9/h3-6,8H,7H2,1-2H3,(H3,15,16,17,18,19). The largest absolute Gasteiger partial charge is 0.461 e. The molecule has 0 atom stereocenters. The van der Waals surface area contributed by atoms with Crippen LogP contribution in [0.3, 0.4) is 0 Å². The fraction of sp³-hybridized carbons (Fsp3) is 0.308. The average Bonchev–Trinajstić information content (AvgIpc) is 2.35. The molecule has 0 amide bonds. The van der Waals surface area contributed by atoms with E-state index >= 15 is 0 Å². The van der Waals surface area contributed by atoms with Gasteiger partial charge in [0.15, 0.2) is 0 Å². The predicted molar refractivity (Wildman–Crippen MR) is 81.5 cm³/mol. The summed E-state index contributed by atoms with van der Waals surface area (Å²) in [5.74, 6) is 0.528. The molecule has 0 aliphatic heterocycles. The van der Waals surface area contributed by atoms with E-state index in [1.54, 1.807) is 0 Å². The van der Waals surface area contributed by atoms with Gasteiger partial charge in [-0.05, 0) is 31.5 Å². The van der Waals surface area contributed by atoms with E-state index in [9.17, 15) is 0 Å². The van der Waals surface area contributed by atoms with Crippen molar-refractivity contribution in [1.82, 2.24) is 15.0 Å². The van der Waals surface area contributed by atoms with Crippen molar-refractivity contribution < 1.29 is 4.74 Å². The molecule has 1 heterocycles. The van der Waals surface area contributed by atoms with Gasteiger partial charge in [0, 0.05) is 11.0 Å². The molecule has 0 radical (unpaired) electrons. The topological polar surface area (TPSA) is 86.0 Å². The van der Waals surface area contributed by atoms with Crippen molar-refractivity contribution in [3.63, 3.8) is 0 Å². The number of hydrogen-bond donors (Lipinski definition) is 2. The van der Waals surface area contributed by atoms with Gasteiger partial charge in [-0.15, -0.1) is 0 Å². The van der Waals surface area contributed by atoms with Crippen molar-refractivity contribution in [1.29, 1.82) is 0 Å². The van der Waals surface area contributed by atoms with Gasteiger partial charge in [0.2, 0.25) is 11.9 Å². The van der Waals surface area contributed by atoms with Crippen molar-refractivity contribution in [2.45, 2.75) is 26.5 Å². The third-order valence-corrected chi connectivity index (χ3v) is 2.81. The maximum atomic E-state index is 5.64. The van der Waals surface area contributed by atoms with E-state index in [0.29, 0.717) is 12.5 Å². The Labute approximate surface area is 125 Å². The molecule has 2 aromatic rings. The molecule has 3 N–H and O–H groups in total. The summed E-state index contributed by atoms with van der Waals surface area (Å²) >= 11 is 3.43. The van der Waals surface area contributed by atoms with Crippen LogP contribution in [0, 0.1) is 0 Å². The lowest BCUT2D eigenvalue weighted by molar-refractivity contribution is 0.222. The van der Waals surface area contributed by atoms with Crippen LogP contribution in [0.4, 0.5) is 11.9 Å². The van der Waals surface area contributed by atoms with Crippen LogP contribution in [0.2, 0.25) is 0 Å². The van der Waals surface area contributed by atoms with E-state index in [1.807, 2.05) is 38.1 Å². The van der Waals surface area contributed by atoms with Crippen molar-refractivity contribution in [2.24, 2.45) is 0 Å². The van der Waals surface area contributed by atoms with Crippen LogP contribution in [0.1, 0.15) is 19.4 Å². The maximum Gasteiger partial charge on any atom is 0.323 e. The third kappa shape index (κ3) is 4.34. The smallest absolute Gasteiger partial charge is 0.323 e. The Morgan fingerprint density at radius 3 is 2.80 bits per heavy atom. The molecule has 0 saturated heterocycles. The zero-order valence-electron chi connectivity index (χ0n) is 11.3. The van der Waals surface area contributed by atoms with Crippen molar-refractivity contribution >= 4 is 27.8 Å². The van der Waals surface area contributed by atoms with Crippen LogP contribution < -0.4 is 15.8 Å². The molecule has 0 aliphatic carbocycles. The molecule has 2 rings (SSSR count). The molecule has 0 unspecified atom stereocenters. The highest BCUT2D eigenvalue weighted by atomic mass is 79.9. The molecule has 106 valence electrons. The second-order valence-electron chi connectivity index (χ2n) is 4.45. The molecule has 1 aromatic carbocycles. The Morgan fingerprint density at radius 2 is 2.10 bits per heavy atom. The quantitative estimate of drug-likeness (QED) is 0.872. The van der Waals surface area contributed by atoms with Gasteiger partial charge in [-0.3, -0.25) is 0 Å². The number of nitrogens with zero attached hydrogens (tertiary/aromatic N) is 3. The van der Waals surface area contributed by atoms with E-state index in [-0.39, 0.29) is 18.1 Å². The van der Waals surface area contributed by atoms with Crippen LogP contribution in [0.5, 0.6) is 6.01 Å². The number of ether oxygens (including phenoxy) is 1. The first-order valence-corrected chi connectivity index (χ1v) is 6.99. The summed E-state index contributed by atoms with van der Waals surface area (Å²) in [6.45, 7) is 4.38. The number of aromatic nitrogens is 3. The van der Waals surface area contributed by atoms with Gasteiger partial charge in [0.05, 0.1) is 6.10 Å². The van der Waals surface area contributed by atoms with Crippen LogP contribution in [0.15, 0.2) is 28.7 Å². The number of nitrogens with two attached hydrogens (primary N) is 1. The summed E-state index contributed by atoms with van der Waals surface area (Å²) in [5, 5.41) is 3.10. The Bertz CT molecular complexity index is 591. The van der Waals surface area contributed by atoms with Crippen LogP contribution >= 0.6 is 15.9 Å². The fourth-order valence-corrected chi connectivity index (χ4v) is 1.99. The Hall–Kier alpha value is -1.89. The third-order valence-electron chi connectivity index (χ3n) is 2.31. The van der Waals surface area contributed by atoms with Crippen LogP contribution in [-0.4, -0.2) is 21.1 Å².